The Hall–Kier alpha value is -1.82. The van der Waals surface area contributed by atoms with Crippen LogP contribution in [-0.4, -0.2) is 24.9 Å². The number of sulfone groups is 1. The predicted molar refractivity (Wildman–Crippen MR) is 61.5 cm³/mol. The molecule has 2 aromatic rings. The number of nitrogen functional groups attached to an aromatic ring is 1. The van der Waals surface area contributed by atoms with Crippen molar-refractivity contribution in [3.05, 3.63) is 30.3 Å². The van der Waals surface area contributed by atoms with E-state index in [-0.39, 0.29) is 0 Å². The van der Waals surface area contributed by atoms with E-state index in [9.17, 15) is 8.42 Å². The molecule has 0 radical (unpaired) electrons. The molecule has 3 N–H and O–H groups in total. The molecule has 1 heterocycles. The fourth-order valence-electron chi connectivity index (χ4n) is 1.37. The second-order valence-electron chi connectivity index (χ2n) is 3.50. The van der Waals surface area contributed by atoms with Gasteiger partial charge < -0.3 is 5.73 Å². The summed E-state index contributed by atoms with van der Waals surface area (Å²) in [6.45, 7) is 0. The van der Waals surface area contributed by atoms with E-state index in [1.165, 1.54) is 6.26 Å². The molecule has 0 aliphatic carbocycles. The monoisotopic (exact) mass is 237 g/mol. The Morgan fingerprint density at radius 2 is 1.88 bits per heavy atom. The normalized spacial score (nSPS) is 11.6. The van der Waals surface area contributed by atoms with Gasteiger partial charge in [0.05, 0.1) is 10.6 Å². The van der Waals surface area contributed by atoms with E-state index in [1.54, 1.807) is 30.3 Å². The van der Waals surface area contributed by atoms with Gasteiger partial charge in [-0.1, -0.05) is 12.1 Å². The van der Waals surface area contributed by atoms with Crippen LogP contribution in [0.3, 0.4) is 0 Å². The highest BCUT2D eigenvalue weighted by atomic mass is 32.2. The zero-order chi connectivity index (χ0) is 11.8. The molecule has 0 aliphatic heterocycles. The molecule has 0 unspecified atom stereocenters. The summed E-state index contributed by atoms with van der Waals surface area (Å²) in [6.07, 6.45) is 1.18. The highest BCUT2D eigenvalue weighted by molar-refractivity contribution is 7.90. The maximum Gasteiger partial charge on any atom is 0.175 e. The molecule has 0 saturated carbocycles. The molecule has 0 saturated heterocycles. The Bertz CT molecular complexity index is 599. The topological polar surface area (TPSA) is 88.8 Å². The van der Waals surface area contributed by atoms with Gasteiger partial charge in [0.1, 0.15) is 5.82 Å². The lowest BCUT2D eigenvalue weighted by molar-refractivity contribution is 0.602. The summed E-state index contributed by atoms with van der Waals surface area (Å²) in [7, 11) is -3.15. The van der Waals surface area contributed by atoms with Crippen LogP contribution in [0.4, 0.5) is 5.82 Å². The SMILES string of the molecule is CS(=O)(=O)c1ccc(-c2cc(N)n[nH]2)cc1. The summed E-state index contributed by atoms with van der Waals surface area (Å²) in [6, 6.07) is 8.23. The van der Waals surface area contributed by atoms with E-state index in [0.29, 0.717) is 10.7 Å². The van der Waals surface area contributed by atoms with E-state index in [2.05, 4.69) is 10.2 Å². The molecule has 84 valence electrons. The third-order valence-electron chi connectivity index (χ3n) is 2.19. The molecular weight excluding hydrogens is 226 g/mol. The second kappa shape index (κ2) is 3.64. The predicted octanol–water partition coefficient (Wildman–Crippen LogP) is 1.06. The Balaban J connectivity index is 2.40. The maximum absolute atomic E-state index is 11.2. The fourth-order valence-corrected chi connectivity index (χ4v) is 2.00. The average Bonchev–Trinajstić information content (AvgIpc) is 2.64. The van der Waals surface area contributed by atoms with Gasteiger partial charge in [0.15, 0.2) is 9.84 Å². The summed E-state index contributed by atoms with van der Waals surface area (Å²) in [5.74, 6) is 0.405. The van der Waals surface area contributed by atoms with Gasteiger partial charge in [0, 0.05) is 12.3 Å². The van der Waals surface area contributed by atoms with Crippen LogP contribution in [-0.2, 0) is 9.84 Å². The zero-order valence-electron chi connectivity index (χ0n) is 8.64. The Morgan fingerprint density at radius 1 is 1.25 bits per heavy atom. The summed E-state index contributed by atoms with van der Waals surface area (Å²) in [4.78, 5) is 0.295. The average molecular weight is 237 g/mol. The van der Waals surface area contributed by atoms with Crippen LogP contribution in [0.15, 0.2) is 35.2 Å². The van der Waals surface area contributed by atoms with Gasteiger partial charge >= 0.3 is 0 Å². The number of nitrogens with one attached hydrogen (secondary N) is 1. The molecule has 0 spiro atoms. The van der Waals surface area contributed by atoms with Crippen LogP contribution in [0, 0.1) is 0 Å². The van der Waals surface area contributed by atoms with E-state index in [0.717, 1.165) is 11.3 Å². The van der Waals surface area contributed by atoms with Gasteiger partial charge in [-0.05, 0) is 17.7 Å². The van der Waals surface area contributed by atoms with Crippen molar-refractivity contribution in [1.82, 2.24) is 10.2 Å². The van der Waals surface area contributed by atoms with Crippen LogP contribution < -0.4 is 5.73 Å². The lowest BCUT2D eigenvalue weighted by atomic mass is 10.1. The Morgan fingerprint density at radius 3 is 2.31 bits per heavy atom. The molecule has 0 atom stereocenters. The molecule has 0 bridgehead atoms. The van der Waals surface area contributed by atoms with Crippen molar-refractivity contribution in [1.29, 1.82) is 0 Å². The number of aromatic amines is 1. The quantitative estimate of drug-likeness (QED) is 0.817. The standard InChI is InChI=1S/C10H11N3O2S/c1-16(14,15)8-4-2-7(3-5-8)9-6-10(11)13-12-9/h2-6H,1H3,(H3,11,12,13). The van der Waals surface area contributed by atoms with E-state index in [4.69, 9.17) is 5.73 Å². The molecule has 16 heavy (non-hydrogen) atoms. The number of aromatic nitrogens is 2. The molecule has 2 rings (SSSR count). The van der Waals surface area contributed by atoms with Crippen molar-refractivity contribution in [3.8, 4) is 11.3 Å². The summed E-state index contributed by atoms with van der Waals surface area (Å²) < 4.78 is 22.5. The van der Waals surface area contributed by atoms with Gasteiger partial charge in [0.2, 0.25) is 0 Å². The lowest BCUT2D eigenvalue weighted by Crippen LogP contribution is -1.96. The smallest absolute Gasteiger partial charge is 0.175 e. The van der Waals surface area contributed by atoms with Crippen molar-refractivity contribution in [2.75, 3.05) is 12.0 Å². The minimum Gasteiger partial charge on any atom is -0.382 e. The van der Waals surface area contributed by atoms with Crippen LogP contribution in [0.1, 0.15) is 0 Å². The Labute approximate surface area is 93.2 Å². The third kappa shape index (κ3) is 2.06. The minimum atomic E-state index is -3.15. The third-order valence-corrected chi connectivity index (χ3v) is 3.32. The van der Waals surface area contributed by atoms with Gasteiger partial charge in [-0.2, -0.15) is 5.10 Å². The van der Waals surface area contributed by atoms with E-state index >= 15 is 0 Å². The number of rotatable bonds is 2. The summed E-state index contributed by atoms with van der Waals surface area (Å²) in [5.41, 5.74) is 7.08. The lowest BCUT2D eigenvalue weighted by Gasteiger charge is -2.00. The molecule has 0 fully saturated rings. The highest BCUT2D eigenvalue weighted by Gasteiger charge is 2.07. The first-order chi connectivity index (χ1) is 7.47. The van der Waals surface area contributed by atoms with E-state index in [1.807, 2.05) is 0 Å². The molecule has 0 amide bonds. The largest absolute Gasteiger partial charge is 0.382 e. The highest BCUT2D eigenvalue weighted by Crippen LogP contribution is 2.20. The van der Waals surface area contributed by atoms with Gasteiger partial charge in [0.25, 0.3) is 0 Å². The number of hydrogen-bond donors (Lipinski definition) is 2. The van der Waals surface area contributed by atoms with Gasteiger partial charge in [-0.3, -0.25) is 5.10 Å². The molecule has 5 nitrogen and oxygen atoms in total. The first-order valence-corrected chi connectivity index (χ1v) is 6.47. The van der Waals surface area contributed by atoms with Crippen LogP contribution in [0.5, 0.6) is 0 Å². The molecule has 6 heteroatoms. The number of benzene rings is 1. The van der Waals surface area contributed by atoms with Crippen molar-refractivity contribution in [3.63, 3.8) is 0 Å². The van der Waals surface area contributed by atoms with Gasteiger partial charge in [-0.25, -0.2) is 8.42 Å². The summed E-state index contributed by atoms with van der Waals surface area (Å²) in [5, 5.41) is 6.55. The number of H-pyrrole nitrogens is 1. The van der Waals surface area contributed by atoms with Crippen LogP contribution in [0.25, 0.3) is 11.3 Å². The Kier molecular flexibility index (Phi) is 2.43. The van der Waals surface area contributed by atoms with Crippen molar-refractivity contribution in [2.24, 2.45) is 0 Å². The number of hydrogen-bond acceptors (Lipinski definition) is 4. The van der Waals surface area contributed by atoms with Gasteiger partial charge in [-0.15, -0.1) is 0 Å². The molecule has 1 aromatic carbocycles. The first-order valence-electron chi connectivity index (χ1n) is 4.58. The molecule has 0 aliphatic rings. The fraction of sp³-hybridized carbons (Fsp3) is 0.100. The molecule has 1 aromatic heterocycles. The zero-order valence-corrected chi connectivity index (χ0v) is 9.45. The van der Waals surface area contributed by atoms with E-state index < -0.39 is 9.84 Å². The number of nitrogens with zero attached hydrogens (tertiary/aromatic N) is 1. The van der Waals surface area contributed by atoms with Crippen molar-refractivity contribution in [2.45, 2.75) is 4.90 Å². The summed E-state index contributed by atoms with van der Waals surface area (Å²) >= 11 is 0. The molecular formula is C10H11N3O2S. The first kappa shape index (κ1) is 10.7. The second-order valence-corrected chi connectivity index (χ2v) is 5.52. The van der Waals surface area contributed by atoms with Crippen LogP contribution in [0.2, 0.25) is 0 Å². The number of nitrogens with two attached hydrogens (primary N) is 1. The minimum absolute atomic E-state index is 0.295. The number of anilines is 1. The van der Waals surface area contributed by atoms with Crippen LogP contribution >= 0.6 is 0 Å². The van der Waals surface area contributed by atoms with Crippen molar-refractivity contribution < 1.29 is 8.42 Å². The maximum atomic E-state index is 11.2. The van der Waals surface area contributed by atoms with Crippen molar-refractivity contribution >= 4 is 15.7 Å².